The van der Waals surface area contributed by atoms with E-state index < -0.39 is 0 Å². The summed E-state index contributed by atoms with van der Waals surface area (Å²) < 4.78 is 2.46. The van der Waals surface area contributed by atoms with Crippen molar-refractivity contribution in [3.63, 3.8) is 0 Å². The Kier molecular flexibility index (Phi) is 4.07. The van der Waals surface area contributed by atoms with Crippen molar-refractivity contribution in [3.8, 4) is 0 Å². The Labute approximate surface area is 174 Å². The average molecular weight is 404 g/mol. The van der Waals surface area contributed by atoms with Crippen LogP contribution in [0.3, 0.4) is 0 Å². The molecule has 148 valence electrons. The second-order valence-corrected chi connectivity index (χ2v) is 9.62. The number of nitrogens with zero attached hydrogens (tertiary/aromatic N) is 3. The lowest BCUT2D eigenvalue weighted by Gasteiger charge is -2.47. The highest BCUT2D eigenvalue weighted by Crippen LogP contribution is 2.43. The predicted molar refractivity (Wildman–Crippen MR) is 122 cm³/mol. The first-order valence-corrected chi connectivity index (χ1v) is 11.0. The summed E-state index contributed by atoms with van der Waals surface area (Å²) in [4.78, 5) is 20.9. The Balaban J connectivity index is 1.65. The largest absolute Gasteiger partial charge is 0.366 e. The molecule has 0 radical (unpaired) electrons. The van der Waals surface area contributed by atoms with Crippen molar-refractivity contribution >= 4 is 39.1 Å². The zero-order valence-corrected chi connectivity index (χ0v) is 18.1. The van der Waals surface area contributed by atoms with Crippen molar-refractivity contribution in [2.24, 2.45) is 0 Å². The summed E-state index contributed by atoms with van der Waals surface area (Å²) in [6.07, 6.45) is 3.14. The molecule has 5 rings (SSSR count). The molecular formula is C24H25N3OS. The van der Waals surface area contributed by atoms with Gasteiger partial charge in [0.15, 0.2) is 4.96 Å². The van der Waals surface area contributed by atoms with Gasteiger partial charge in [-0.3, -0.25) is 4.79 Å². The van der Waals surface area contributed by atoms with Gasteiger partial charge in [0.25, 0.3) is 5.56 Å². The van der Waals surface area contributed by atoms with Crippen molar-refractivity contribution in [1.29, 1.82) is 0 Å². The van der Waals surface area contributed by atoms with Gasteiger partial charge in [-0.2, -0.15) is 0 Å². The Morgan fingerprint density at radius 2 is 2.03 bits per heavy atom. The summed E-state index contributed by atoms with van der Waals surface area (Å²) >= 11 is 1.46. The smallest absolute Gasteiger partial charge is 0.274 e. The monoisotopic (exact) mass is 403 g/mol. The number of imidazole rings is 1. The van der Waals surface area contributed by atoms with Crippen molar-refractivity contribution in [1.82, 2.24) is 9.38 Å². The van der Waals surface area contributed by atoms with Crippen LogP contribution in [-0.4, -0.2) is 21.5 Å². The molecule has 0 bridgehead atoms. The Morgan fingerprint density at radius 3 is 2.83 bits per heavy atom. The quantitative estimate of drug-likeness (QED) is 0.492. The number of aromatic nitrogens is 2. The molecule has 0 fully saturated rings. The van der Waals surface area contributed by atoms with E-state index in [0.29, 0.717) is 5.92 Å². The third kappa shape index (κ3) is 2.79. The normalized spacial score (nSPS) is 19.2. The second-order valence-electron chi connectivity index (χ2n) is 8.61. The van der Waals surface area contributed by atoms with Crippen LogP contribution in [0.15, 0.2) is 47.3 Å². The topological polar surface area (TPSA) is 37.6 Å². The Morgan fingerprint density at radius 1 is 1.24 bits per heavy atom. The number of rotatable bonds is 2. The van der Waals surface area contributed by atoms with Crippen LogP contribution >= 0.6 is 11.3 Å². The minimum absolute atomic E-state index is 0.0146. The minimum Gasteiger partial charge on any atom is -0.366 e. The maximum atomic E-state index is 13.0. The lowest BCUT2D eigenvalue weighted by Crippen LogP contribution is -2.48. The molecule has 4 nitrogen and oxygen atoms in total. The van der Waals surface area contributed by atoms with E-state index in [4.69, 9.17) is 0 Å². The van der Waals surface area contributed by atoms with E-state index in [2.05, 4.69) is 55.8 Å². The molecule has 0 saturated carbocycles. The molecule has 1 unspecified atom stereocenters. The number of fused-ring (bicyclic) bond motifs is 4. The number of anilines is 1. The van der Waals surface area contributed by atoms with Crippen molar-refractivity contribution in [3.05, 3.63) is 68.5 Å². The van der Waals surface area contributed by atoms with Gasteiger partial charge in [-0.25, -0.2) is 9.38 Å². The van der Waals surface area contributed by atoms with Gasteiger partial charge in [0.2, 0.25) is 0 Å². The molecule has 2 aromatic heterocycles. The molecule has 3 heterocycles. The van der Waals surface area contributed by atoms with Crippen LogP contribution < -0.4 is 15.0 Å². The summed E-state index contributed by atoms with van der Waals surface area (Å²) in [6.45, 7) is 10.2. The fourth-order valence-corrected chi connectivity index (χ4v) is 5.95. The molecule has 29 heavy (non-hydrogen) atoms. The van der Waals surface area contributed by atoms with E-state index in [9.17, 15) is 4.79 Å². The fraction of sp³-hybridized carbons (Fsp3) is 0.333. The van der Waals surface area contributed by atoms with E-state index in [-0.39, 0.29) is 11.1 Å². The summed E-state index contributed by atoms with van der Waals surface area (Å²) in [7, 11) is 0. The van der Waals surface area contributed by atoms with Gasteiger partial charge in [-0.05, 0) is 74.6 Å². The third-order valence-corrected chi connectivity index (χ3v) is 7.14. The maximum absolute atomic E-state index is 13.0. The van der Waals surface area contributed by atoms with E-state index in [1.54, 1.807) is 4.40 Å². The molecule has 0 saturated heterocycles. The summed E-state index contributed by atoms with van der Waals surface area (Å²) in [5, 5.41) is 0. The van der Waals surface area contributed by atoms with Crippen LogP contribution in [-0.2, 0) is 0 Å². The summed E-state index contributed by atoms with van der Waals surface area (Å²) in [5.74, 6) is 0.493. The lowest BCUT2D eigenvalue weighted by molar-refractivity contribution is 0.381. The van der Waals surface area contributed by atoms with Gasteiger partial charge in [0.05, 0.1) is 15.6 Å². The molecule has 0 aliphatic carbocycles. The third-order valence-electron chi connectivity index (χ3n) is 6.17. The average Bonchev–Trinajstić information content (AvgIpc) is 3.18. The highest BCUT2D eigenvalue weighted by atomic mass is 32.1. The molecule has 0 amide bonds. The molecule has 4 aromatic rings. The predicted octanol–water partition coefficient (Wildman–Crippen LogP) is 4.57. The second kappa shape index (κ2) is 6.42. The number of thiazole rings is 1. The van der Waals surface area contributed by atoms with Gasteiger partial charge in [0, 0.05) is 17.8 Å². The minimum atomic E-state index is 0.0146. The van der Waals surface area contributed by atoms with Crippen LogP contribution in [0, 0.1) is 0 Å². The van der Waals surface area contributed by atoms with E-state index >= 15 is 0 Å². The lowest BCUT2D eigenvalue weighted by atomic mass is 9.79. The van der Waals surface area contributed by atoms with Crippen LogP contribution in [0.1, 0.15) is 51.2 Å². The first-order chi connectivity index (χ1) is 13.9. The Hall–Kier alpha value is -2.66. The molecule has 0 spiro atoms. The van der Waals surface area contributed by atoms with E-state index in [1.807, 2.05) is 30.3 Å². The number of para-hydroxylation sites is 2. The standard InChI is InChI=1S/C24H25N3OS/c1-5-26-19-11-10-16(12-17(19)15(2)14-24(26,3)4)13-21-22(28)27-20-9-7-6-8-18(20)25-23(27)29-21/h6-13,15H,5,14H2,1-4H3/b21-13+. The highest BCUT2D eigenvalue weighted by molar-refractivity contribution is 7.15. The van der Waals surface area contributed by atoms with Gasteiger partial charge in [-0.1, -0.05) is 36.5 Å². The van der Waals surface area contributed by atoms with Gasteiger partial charge < -0.3 is 4.90 Å². The van der Waals surface area contributed by atoms with E-state index in [1.165, 1.54) is 22.6 Å². The summed E-state index contributed by atoms with van der Waals surface area (Å²) in [6, 6.07) is 14.4. The van der Waals surface area contributed by atoms with Gasteiger partial charge >= 0.3 is 0 Å². The van der Waals surface area contributed by atoms with Crippen LogP contribution in [0.2, 0.25) is 0 Å². The summed E-state index contributed by atoms with van der Waals surface area (Å²) in [5.41, 5.74) is 5.70. The molecular weight excluding hydrogens is 378 g/mol. The molecule has 1 aliphatic heterocycles. The fourth-order valence-electron chi connectivity index (χ4n) is 4.96. The SMILES string of the molecule is CCN1c2ccc(/C=c3/sc4nc5ccccc5n4c3=O)cc2C(C)CC1(C)C. The van der Waals surface area contributed by atoms with Crippen molar-refractivity contribution in [2.75, 3.05) is 11.4 Å². The first kappa shape index (κ1) is 18.4. The van der Waals surface area contributed by atoms with Gasteiger partial charge in [-0.15, -0.1) is 0 Å². The zero-order valence-electron chi connectivity index (χ0n) is 17.3. The molecule has 1 atom stereocenters. The van der Waals surface area contributed by atoms with Crippen LogP contribution in [0.25, 0.3) is 22.1 Å². The van der Waals surface area contributed by atoms with Crippen LogP contribution in [0.4, 0.5) is 5.69 Å². The van der Waals surface area contributed by atoms with Gasteiger partial charge in [0.1, 0.15) is 0 Å². The Bertz CT molecular complexity index is 1350. The van der Waals surface area contributed by atoms with Crippen molar-refractivity contribution < 1.29 is 0 Å². The molecule has 1 aliphatic rings. The number of benzene rings is 2. The molecule has 2 aromatic carbocycles. The maximum Gasteiger partial charge on any atom is 0.274 e. The number of hydrogen-bond donors (Lipinski definition) is 0. The number of hydrogen-bond acceptors (Lipinski definition) is 4. The van der Waals surface area contributed by atoms with Crippen molar-refractivity contribution in [2.45, 2.75) is 45.6 Å². The molecule has 5 heteroatoms. The highest BCUT2D eigenvalue weighted by Gasteiger charge is 2.35. The first-order valence-electron chi connectivity index (χ1n) is 10.2. The molecule has 0 N–H and O–H groups in total. The van der Waals surface area contributed by atoms with Crippen LogP contribution in [0.5, 0.6) is 0 Å². The van der Waals surface area contributed by atoms with E-state index in [0.717, 1.165) is 39.1 Å². The zero-order chi connectivity index (χ0) is 20.3.